The van der Waals surface area contributed by atoms with Gasteiger partial charge in [-0.1, -0.05) is 29.3 Å². The summed E-state index contributed by atoms with van der Waals surface area (Å²) in [5.41, 5.74) is 3.57. The Morgan fingerprint density at radius 2 is 1.75 bits per heavy atom. The Balaban J connectivity index is 1.85. The Labute approximate surface area is 153 Å². The van der Waals surface area contributed by atoms with Crippen molar-refractivity contribution in [2.75, 3.05) is 5.32 Å². The van der Waals surface area contributed by atoms with E-state index in [0.717, 1.165) is 0 Å². The smallest absolute Gasteiger partial charge is 0.215 e. The molecular formula is C15H12Cl2FN5S. The van der Waals surface area contributed by atoms with Crippen molar-refractivity contribution in [1.29, 1.82) is 5.41 Å². The molecular weight excluding hydrogens is 372 g/mol. The number of thiocarbonyl (C=S) groups is 1. The van der Waals surface area contributed by atoms with Gasteiger partial charge in [0.05, 0.1) is 16.3 Å². The van der Waals surface area contributed by atoms with Crippen LogP contribution in [-0.4, -0.2) is 17.3 Å². The Kier molecular flexibility index (Phi) is 6.48. The molecule has 4 N–H and O–H groups in total. The summed E-state index contributed by atoms with van der Waals surface area (Å²) in [6, 6.07) is 10.7. The average Bonchev–Trinajstić information content (AvgIpc) is 2.52. The molecule has 0 amide bonds. The molecule has 0 spiro atoms. The quantitative estimate of drug-likeness (QED) is 0.280. The lowest BCUT2D eigenvalue weighted by Crippen LogP contribution is -2.40. The molecule has 0 atom stereocenters. The average molecular weight is 384 g/mol. The lowest BCUT2D eigenvalue weighted by molar-refractivity contribution is 0.628. The molecule has 0 heterocycles. The molecule has 0 bridgehead atoms. The van der Waals surface area contributed by atoms with Crippen molar-refractivity contribution >= 4 is 58.4 Å². The predicted molar refractivity (Wildman–Crippen MR) is 101 cm³/mol. The van der Waals surface area contributed by atoms with E-state index in [-0.39, 0.29) is 16.9 Å². The molecule has 0 saturated carbocycles. The minimum Gasteiger partial charge on any atom is -0.332 e. The second-order valence-electron chi connectivity index (χ2n) is 4.47. The maximum absolute atomic E-state index is 12.8. The Morgan fingerprint density at radius 3 is 2.38 bits per heavy atom. The molecule has 124 valence electrons. The van der Waals surface area contributed by atoms with E-state index >= 15 is 0 Å². The summed E-state index contributed by atoms with van der Waals surface area (Å²) >= 11 is 17.0. The van der Waals surface area contributed by atoms with Crippen LogP contribution < -0.4 is 16.1 Å². The van der Waals surface area contributed by atoms with E-state index in [9.17, 15) is 4.39 Å². The summed E-state index contributed by atoms with van der Waals surface area (Å²) in [5.74, 6) is -0.504. The lowest BCUT2D eigenvalue weighted by atomic mass is 10.2. The summed E-state index contributed by atoms with van der Waals surface area (Å²) in [4.78, 5) is 0. The fourth-order valence-electron chi connectivity index (χ4n) is 1.63. The summed E-state index contributed by atoms with van der Waals surface area (Å²) in [6.45, 7) is 0. The largest absolute Gasteiger partial charge is 0.332 e. The SMILES string of the molecule is N=C(NN=Cc1c(Cl)cccc1Cl)NC(=S)Nc1ccc(F)cc1. The van der Waals surface area contributed by atoms with Crippen LogP contribution in [0.25, 0.3) is 0 Å². The molecule has 0 aliphatic carbocycles. The Hall–Kier alpha value is -2.22. The number of rotatable bonds is 3. The fraction of sp³-hybridized carbons (Fsp3) is 0. The molecule has 0 unspecified atom stereocenters. The highest BCUT2D eigenvalue weighted by atomic mass is 35.5. The molecule has 0 aliphatic heterocycles. The van der Waals surface area contributed by atoms with Crippen LogP contribution in [0.4, 0.5) is 10.1 Å². The van der Waals surface area contributed by atoms with Crippen LogP contribution >= 0.6 is 35.4 Å². The van der Waals surface area contributed by atoms with Crippen molar-refractivity contribution in [1.82, 2.24) is 10.7 Å². The zero-order chi connectivity index (χ0) is 17.5. The van der Waals surface area contributed by atoms with Gasteiger partial charge < -0.3 is 10.6 Å². The third-order valence-corrected chi connectivity index (χ3v) is 3.57. The summed E-state index contributed by atoms with van der Waals surface area (Å²) in [6.07, 6.45) is 1.40. The predicted octanol–water partition coefficient (Wildman–Crippen LogP) is 3.98. The lowest BCUT2D eigenvalue weighted by Gasteiger charge is -2.10. The first kappa shape index (κ1) is 18.1. The minimum atomic E-state index is -0.346. The first-order chi connectivity index (χ1) is 11.5. The van der Waals surface area contributed by atoms with Gasteiger partial charge in [-0.2, -0.15) is 5.10 Å². The van der Waals surface area contributed by atoms with Gasteiger partial charge in [-0.05, 0) is 48.6 Å². The minimum absolute atomic E-state index is 0.157. The van der Waals surface area contributed by atoms with Crippen molar-refractivity contribution in [3.63, 3.8) is 0 Å². The van der Waals surface area contributed by atoms with Gasteiger partial charge in [-0.3, -0.25) is 5.41 Å². The van der Waals surface area contributed by atoms with E-state index in [1.54, 1.807) is 18.2 Å². The molecule has 0 aliphatic rings. The summed E-state index contributed by atoms with van der Waals surface area (Å²) < 4.78 is 12.8. The summed E-state index contributed by atoms with van der Waals surface area (Å²) in [7, 11) is 0. The van der Waals surface area contributed by atoms with Gasteiger partial charge in [0, 0.05) is 11.3 Å². The normalized spacial score (nSPS) is 10.5. The van der Waals surface area contributed by atoms with Crippen LogP contribution in [0.15, 0.2) is 47.6 Å². The number of hydrogen-bond acceptors (Lipinski definition) is 3. The molecule has 2 aromatic rings. The first-order valence-electron chi connectivity index (χ1n) is 6.61. The summed E-state index contributed by atoms with van der Waals surface area (Å²) in [5, 5.41) is 18.0. The Morgan fingerprint density at radius 1 is 1.12 bits per heavy atom. The van der Waals surface area contributed by atoms with Crippen LogP contribution in [0.5, 0.6) is 0 Å². The Bertz CT molecular complexity index is 760. The third kappa shape index (κ3) is 5.45. The van der Waals surface area contributed by atoms with Crippen molar-refractivity contribution in [3.8, 4) is 0 Å². The van der Waals surface area contributed by atoms with Crippen LogP contribution in [0.1, 0.15) is 5.56 Å². The monoisotopic (exact) mass is 383 g/mol. The van der Waals surface area contributed by atoms with E-state index < -0.39 is 0 Å². The van der Waals surface area contributed by atoms with E-state index in [2.05, 4.69) is 21.2 Å². The zero-order valence-electron chi connectivity index (χ0n) is 12.1. The second kappa shape index (κ2) is 8.58. The van der Waals surface area contributed by atoms with Gasteiger partial charge in [0.2, 0.25) is 5.96 Å². The van der Waals surface area contributed by atoms with E-state index in [4.69, 9.17) is 40.8 Å². The topological polar surface area (TPSA) is 72.3 Å². The molecule has 0 aromatic heterocycles. The van der Waals surface area contributed by atoms with E-state index in [0.29, 0.717) is 21.3 Å². The van der Waals surface area contributed by atoms with Crippen molar-refractivity contribution in [2.45, 2.75) is 0 Å². The number of nitrogens with zero attached hydrogens (tertiary/aromatic N) is 1. The zero-order valence-corrected chi connectivity index (χ0v) is 14.4. The molecule has 5 nitrogen and oxygen atoms in total. The molecule has 24 heavy (non-hydrogen) atoms. The van der Waals surface area contributed by atoms with Gasteiger partial charge >= 0.3 is 0 Å². The highest BCUT2D eigenvalue weighted by molar-refractivity contribution is 7.80. The molecule has 2 aromatic carbocycles. The van der Waals surface area contributed by atoms with Gasteiger partial charge in [0.1, 0.15) is 5.82 Å². The van der Waals surface area contributed by atoms with Gasteiger partial charge in [-0.25, -0.2) is 9.82 Å². The fourth-order valence-corrected chi connectivity index (χ4v) is 2.35. The van der Waals surface area contributed by atoms with Crippen LogP contribution in [0.2, 0.25) is 10.0 Å². The second-order valence-corrected chi connectivity index (χ2v) is 5.69. The number of nitrogens with one attached hydrogen (secondary N) is 4. The third-order valence-electron chi connectivity index (χ3n) is 2.71. The molecule has 0 radical (unpaired) electrons. The van der Waals surface area contributed by atoms with E-state index in [1.807, 2.05) is 0 Å². The number of hydrazone groups is 1. The maximum Gasteiger partial charge on any atom is 0.215 e. The molecule has 0 fully saturated rings. The number of anilines is 1. The van der Waals surface area contributed by atoms with Crippen molar-refractivity contribution in [3.05, 3.63) is 63.9 Å². The standard InChI is InChI=1S/C15H12Cl2FN5S/c16-12-2-1-3-13(17)11(12)8-20-23-14(19)22-15(24)21-10-6-4-9(18)5-7-10/h1-8H,(H4,19,21,22,23,24). The highest BCUT2D eigenvalue weighted by Gasteiger charge is 2.03. The highest BCUT2D eigenvalue weighted by Crippen LogP contribution is 2.21. The maximum atomic E-state index is 12.8. The number of halogens is 3. The van der Waals surface area contributed by atoms with Crippen LogP contribution in [0, 0.1) is 11.2 Å². The first-order valence-corrected chi connectivity index (χ1v) is 7.77. The molecule has 2 rings (SSSR count). The number of benzene rings is 2. The van der Waals surface area contributed by atoms with Crippen molar-refractivity contribution < 1.29 is 4.39 Å². The van der Waals surface area contributed by atoms with Gasteiger partial charge in [0.15, 0.2) is 5.11 Å². The number of hydrogen-bond donors (Lipinski definition) is 4. The van der Waals surface area contributed by atoms with Crippen LogP contribution in [-0.2, 0) is 0 Å². The van der Waals surface area contributed by atoms with Crippen molar-refractivity contribution in [2.24, 2.45) is 5.10 Å². The number of guanidine groups is 1. The van der Waals surface area contributed by atoms with Gasteiger partial charge in [0.25, 0.3) is 0 Å². The molecule has 9 heteroatoms. The van der Waals surface area contributed by atoms with Gasteiger partial charge in [-0.15, -0.1) is 0 Å². The van der Waals surface area contributed by atoms with Crippen LogP contribution in [0.3, 0.4) is 0 Å². The van der Waals surface area contributed by atoms with E-state index in [1.165, 1.54) is 30.5 Å². The molecule has 0 saturated heterocycles.